The van der Waals surface area contributed by atoms with E-state index in [4.69, 9.17) is 5.73 Å². The van der Waals surface area contributed by atoms with E-state index in [1.807, 2.05) is 0 Å². The van der Waals surface area contributed by atoms with Gasteiger partial charge in [0.15, 0.2) is 0 Å². The molecule has 0 aromatic heterocycles. The SMILES string of the molecule is CC(C)(NC1CCC(O)CC1)C(N)=O. The van der Waals surface area contributed by atoms with Gasteiger partial charge >= 0.3 is 0 Å². The van der Waals surface area contributed by atoms with Gasteiger partial charge in [0.2, 0.25) is 5.91 Å². The number of aliphatic hydroxyl groups is 1. The molecule has 4 N–H and O–H groups in total. The fourth-order valence-corrected chi connectivity index (χ4v) is 1.80. The molecular weight excluding hydrogens is 180 g/mol. The summed E-state index contributed by atoms with van der Waals surface area (Å²) in [5, 5.41) is 12.5. The smallest absolute Gasteiger partial charge is 0.237 e. The number of amides is 1. The van der Waals surface area contributed by atoms with Crippen LogP contribution in [0.1, 0.15) is 39.5 Å². The number of rotatable bonds is 3. The quantitative estimate of drug-likeness (QED) is 0.606. The molecule has 1 fully saturated rings. The van der Waals surface area contributed by atoms with E-state index in [1.54, 1.807) is 13.8 Å². The van der Waals surface area contributed by atoms with E-state index in [0.717, 1.165) is 25.7 Å². The van der Waals surface area contributed by atoms with Gasteiger partial charge in [0.05, 0.1) is 11.6 Å². The van der Waals surface area contributed by atoms with Crippen molar-refractivity contribution in [2.45, 2.75) is 57.2 Å². The molecule has 0 aromatic rings. The summed E-state index contributed by atoms with van der Waals surface area (Å²) in [5.41, 5.74) is 4.62. The van der Waals surface area contributed by atoms with Crippen molar-refractivity contribution in [2.24, 2.45) is 5.73 Å². The first-order chi connectivity index (χ1) is 6.42. The fraction of sp³-hybridized carbons (Fsp3) is 0.900. The van der Waals surface area contributed by atoms with E-state index in [-0.39, 0.29) is 12.0 Å². The lowest BCUT2D eigenvalue weighted by molar-refractivity contribution is -0.123. The number of hydrogen-bond acceptors (Lipinski definition) is 3. The lowest BCUT2D eigenvalue weighted by Crippen LogP contribution is -2.55. The monoisotopic (exact) mass is 200 g/mol. The Bertz CT molecular complexity index is 208. The molecule has 0 unspecified atom stereocenters. The van der Waals surface area contributed by atoms with E-state index >= 15 is 0 Å². The number of carbonyl (C=O) groups is 1. The van der Waals surface area contributed by atoms with Gasteiger partial charge in [-0.1, -0.05) is 0 Å². The summed E-state index contributed by atoms with van der Waals surface area (Å²) < 4.78 is 0. The van der Waals surface area contributed by atoms with Gasteiger partial charge in [-0.05, 0) is 39.5 Å². The Morgan fingerprint density at radius 2 is 1.86 bits per heavy atom. The van der Waals surface area contributed by atoms with Gasteiger partial charge in [-0.3, -0.25) is 4.79 Å². The molecule has 0 radical (unpaired) electrons. The molecular formula is C10H20N2O2. The molecule has 14 heavy (non-hydrogen) atoms. The second-order valence-electron chi connectivity index (χ2n) is 4.64. The van der Waals surface area contributed by atoms with Crippen molar-refractivity contribution in [3.63, 3.8) is 0 Å². The van der Waals surface area contributed by atoms with Crippen LogP contribution in [-0.2, 0) is 4.79 Å². The van der Waals surface area contributed by atoms with Gasteiger partial charge in [0, 0.05) is 6.04 Å². The van der Waals surface area contributed by atoms with Gasteiger partial charge < -0.3 is 16.2 Å². The topological polar surface area (TPSA) is 75.3 Å². The Morgan fingerprint density at radius 1 is 1.36 bits per heavy atom. The van der Waals surface area contributed by atoms with Crippen LogP contribution in [0.5, 0.6) is 0 Å². The van der Waals surface area contributed by atoms with Crippen molar-refractivity contribution >= 4 is 5.91 Å². The van der Waals surface area contributed by atoms with Crippen LogP contribution in [0, 0.1) is 0 Å². The van der Waals surface area contributed by atoms with E-state index in [2.05, 4.69) is 5.32 Å². The molecule has 0 heterocycles. The molecule has 1 aliphatic carbocycles. The van der Waals surface area contributed by atoms with Crippen LogP contribution in [0.4, 0.5) is 0 Å². The molecule has 0 aliphatic heterocycles. The van der Waals surface area contributed by atoms with Crippen LogP contribution in [0.2, 0.25) is 0 Å². The number of hydrogen-bond donors (Lipinski definition) is 3. The molecule has 1 amide bonds. The summed E-state index contributed by atoms with van der Waals surface area (Å²) in [5.74, 6) is -0.330. The third-order valence-electron chi connectivity index (χ3n) is 2.88. The summed E-state index contributed by atoms with van der Waals surface area (Å²) >= 11 is 0. The minimum absolute atomic E-state index is 0.162. The van der Waals surface area contributed by atoms with Crippen molar-refractivity contribution in [3.8, 4) is 0 Å². The van der Waals surface area contributed by atoms with E-state index in [0.29, 0.717) is 6.04 Å². The molecule has 1 aliphatic rings. The van der Waals surface area contributed by atoms with E-state index in [1.165, 1.54) is 0 Å². The zero-order valence-corrected chi connectivity index (χ0v) is 8.92. The molecule has 0 atom stereocenters. The molecule has 0 saturated heterocycles. The number of aliphatic hydroxyl groups excluding tert-OH is 1. The lowest BCUT2D eigenvalue weighted by atomic mass is 9.90. The van der Waals surface area contributed by atoms with Crippen LogP contribution >= 0.6 is 0 Å². The van der Waals surface area contributed by atoms with E-state index < -0.39 is 5.54 Å². The van der Waals surface area contributed by atoms with Crippen molar-refractivity contribution in [1.29, 1.82) is 0 Å². The highest BCUT2D eigenvalue weighted by Gasteiger charge is 2.29. The first-order valence-corrected chi connectivity index (χ1v) is 5.17. The molecule has 0 bridgehead atoms. The van der Waals surface area contributed by atoms with Crippen molar-refractivity contribution in [3.05, 3.63) is 0 Å². The van der Waals surface area contributed by atoms with Gasteiger partial charge in [-0.2, -0.15) is 0 Å². The van der Waals surface area contributed by atoms with Gasteiger partial charge in [0.25, 0.3) is 0 Å². The predicted molar refractivity (Wildman–Crippen MR) is 54.7 cm³/mol. The van der Waals surface area contributed by atoms with Crippen molar-refractivity contribution < 1.29 is 9.90 Å². The Kier molecular flexibility index (Phi) is 3.50. The highest BCUT2D eigenvalue weighted by Crippen LogP contribution is 2.20. The second-order valence-corrected chi connectivity index (χ2v) is 4.64. The highest BCUT2D eigenvalue weighted by molar-refractivity contribution is 5.83. The van der Waals surface area contributed by atoms with Gasteiger partial charge in [-0.15, -0.1) is 0 Å². The molecule has 1 saturated carbocycles. The molecule has 4 heteroatoms. The Hall–Kier alpha value is -0.610. The molecule has 82 valence electrons. The second kappa shape index (κ2) is 4.28. The number of nitrogens with one attached hydrogen (secondary N) is 1. The summed E-state index contributed by atoms with van der Waals surface area (Å²) in [4.78, 5) is 11.1. The third-order valence-corrected chi connectivity index (χ3v) is 2.88. The fourth-order valence-electron chi connectivity index (χ4n) is 1.80. The lowest BCUT2D eigenvalue weighted by Gasteiger charge is -2.33. The minimum atomic E-state index is -0.646. The normalized spacial score (nSPS) is 28.8. The summed E-state index contributed by atoms with van der Waals surface area (Å²) in [6, 6.07) is 0.306. The van der Waals surface area contributed by atoms with Crippen LogP contribution in [0.25, 0.3) is 0 Å². The standard InChI is InChI=1S/C10H20N2O2/c1-10(2,9(11)14)12-7-3-5-8(13)6-4-7/h7-8,12-13H,3-6H2,1-2H3,(H2,11,14). The number of primary amides is 1. The maximum Gasteiger partial charge on any atom is 0.237 e. The average molecular weight is 200 g/mol. The maximum atomic E-state index is 11.1. The van der Waals surface area contributed by atoms with Crippen LogP contribution in [0.3, 0.4) is 0 Å². The van der Waals surface area contributed by atoms with Crippen molar-refractivity contribution in [2.75, 3.05) is 0 Å². The Balaban J connectivity index is 2.41. The third kappa shape index (κ3) is 2.96. The highest BCUT2D eigenvalue weighted by atomic mass is 16.3. The predicted octanol–water partition coefficient (Wildman–Crippen LogP) is 0.143. The van der Waals surface area contributed by atoms with E-state index in [9.17, 15) is 9.90 Å². The average Bonchev–Trinajstić information content (AvgIpc) is 2.08. The first-order valence-electron chi connectivity index (χ1n) is 5.17. The zero-order valence-electron chi connectivity index (χ0n) is 8.92. The minimum Gasteiger partial charge on any atom is -0.393 e. The summed E-state index contributed by atoms with van der Waals surface area (Å²) in [7, 11) is 0. The zero-order chi connectivity index (χ0) is 10.8. The number of nitrogens with two attached hydrogens (primary N) is 1. The Labute approximate surface area is 84.9 Å². The number of carbonyl (C=O) groups excluding carboxylic acids is 1. The van der Waals surface area contributed by atoms with Gasteiger partial charge in [-0.25, -0.2) is 0 Å². The molecule has 4 nitrogen and oxygen atoms in total. The summed E-state index contributed by atoms with van der Waals surface area (Å²) in [6.45, 7) is 3.58. The van der Waals surface area contributed by atoms with Gasteiger partial charge in [0.1, 0.15) is 0 Å². The van der Waals surface area contributed by atoms with Crippen LogP contribution in [0.15, 0.2) is 0 Å². The maximum absolute atomic E-state index is 11.1. The molecule has 0 aromatic carbocycles. The van der Waals surface area contributed by atoms with Crippen LogP contribution < -0.4 is 11.1 Å². The van der Waals surface area contributed by atoms with Crippen LogP contribution in [-0.4, -0.2) is 28.7 Å². The molecule has 0 spiro atoms. The largest absolute Gasteiger partial charge is 0.393 e. The summed E-state index contributed by atoms with van der Waals surface area (Å²) in [6.07, 6.45) is 3.29. The molecule has 1 rings (SSSR count). The Morgan fingerprint density at radius 3 is 2.29 bits per heavy atom. The van der Waals surface area contributed by atoms with Crippen molar-refractivity contribution in [1.82, 2.24) is 5.32 Å². The first kappa shape index (κ1) is 11.5.